The fourth-order valence-corrected chi connectivity index (χ4v) is 1.22. The van der Waals surface area contributed by atoms with Crippen molar-refractivity contribution in [3.05, 3.63) is 24.7 Å². The van der Waals surface area contributed by atoms with Gasteiger partial charge in [0.1, 0.15) is 0 Å². The second kappa shape index (κ2) is 2.57. The van der Waals surface area contributed by atoms with E-state index in [-0.39, 0.29) is 6.17 Å². The van der Waals surface area contributed by atoms with Crippen LogP contribution in [0.2, 0.25) is 0 Å². The van der Waals surface area contributed by atoms with Gasteiger partial charge >= 0.3 is 0 Å². The van der Waals surface area contributed by atoms with Gasteiger partial charge in [-0.3, -0.25) is 4.98 Å². The quantitative estimate of drug-likeness (QED) is 0.678. The van der Waals surface area contributed by atoms with E-state index >= 15 is 0 Å². The molecule has 4 nitrogen and oxygen atoms in total. The Kier molecular flexibility index (Phi) is 1.55. The van der Waals surface area contributed by atoms with Gasteiger partial charge < -0.3 is 5.73 Å². The van der Waals surface area contributed by atoms with Crippen molar-refractivity contribution in [2.75, 3.05) is 0 Å². The molecule has 0 bridgehead atoms. The molecule has 0 spiro atoms. The molecule has 1 atom stereocenters. The van der Waals surface area contributed by atoms with Crippen molar-refractivity contribution < 1.29 is 0 Å². The smallest absolute Gasteiger partial charge is 0.0967 e. The first-order valence-electron chi connectivity index (χ1n) is 3.82. The maximum absolute atomic E-state index is 5.70. The van der Waals surface area contributed by atoms with Crippen LogP contribution in [0.25, 0.3) is 10.9 Å². The van der Waals surface area contributed by atoms with Crippen molar-refractivity contribution in [2.45, 2.75) is 13.1 Å². The monoisotopic (exact) mass is 162 g/mol. The molecular formula is C8H10N4. The SMILES string of the molecule is CC(N)n1ncc2cnccc21. The Labute approximate surface area is 70.0 Å². The molecule has 0 saturated carbocycles. The Bertz CT molecular complexity index is 391. The van der Waals surface area contributed by atoms with Crippen LogP contribution in [0.1, 0.15) is 13.1 Å². The lowest BCUT2D eigenvalue weighted by Crippen LogP contribution is -2.15. The summed E-state index contributed by atoms with van der Waals surface area (Å²) in [6.07, 6.45) is 5.19. The standard InChI is InChI=1S/C8H10N4/c1-6(9)12-8-2-3-10-4-7(8)5-11-12/h2-6H,9H2,1H3. The summed E-state index contributed by atoms with van der Waals surface area (Å²) in [4.78, 5) is 3.99. The summed E-state index contributed by atoms with van der Waals surface area (Å²) in [6.45, 7) is 1.90. The zero-order valence-corrected chi connectivity index (χ0v) is 6.81. The average molecular weight is 162 g/mol. The molecule has 0 aliphatic heterocycles. The predicted octanol–water partition coefficient (Wildman–Crippen LogP) is 0.908. The highest BCUT2D eigenvalue weighted by Crippen LogP contribution is 2.13. The first-order valence-corrected chi connectivity index (χ1v) is 3.82. The summed E-state index contributed by atoms with van der Waals surface area (Å²) in [5.74, 6) is 0. The highest BCUT2D eigenvalue weighted by Gasteiger charge is 2.03. The van der Waals surface area contributed by atoms with Gasteiger partial charge in [0, 0.05) is 17.8 Å². The molecular weight excluding hydrogens is 152 g/mol. The van der Waals surface area contributed by atoms with Crippen LogP contribution in [-0.2, 0) is 0 Å². The first kappa shape index (κ1) is 7.24. The second-order valence-electron chi connectivity index (χ2n) is 2.76. The molecule has 0 aliphatic carbocycles. The molecule has 0 aromatic carbocycles. The number of pyridine rings is 1. The number of nitrogens with two attached hydrogens (primary N) is 1. The number of hydrogen-bond donors (Lipinski definition) is 1. The number of rotatable bonds is 1. The Hall–Kier alpha value is -1.42. The van der Waals surface area contributed by atoms with E-state index in [1.54, 1.807) is 23.3 Å². The van der Waals surface area contributed by atoms with Crippen molar-refractivity contribution in [1.82, 2.24) is 14.8 Å². The first-order chi connectivity index (χ1) is 5.79. The van der Waals surface area contributed by atoms with Gasteiger partial charge in [-0.15, -0.1) is 0 Å². The van der Waals surface area contributed by atoms with Crippen LogP contribution in [0.5, 0.6) is 0 Å². The summed E-state index contributed by atoms with van der Waals surface area (Å²) >= 11 is 0. The van der Waals surface area contributed by atoms with E-state index in [2.05, 4.69) is 10.1 Å². The second-order valence-corrected chi connectivity index (χ2v) is 2.76. The number of hydrogen-bond acceptors (Lipinski definition) is 3. The zero-order chi connectivity index (χ0) is 8.55. The Morgan fingerprint density at radius 1 is 1.50 bits per heavy atom. The van der Waals surface area contributed by atoms with Gasteiger partial charge in [0.2, 0.25) is 0 Å². The van der Waals surface area contributed by atoms with E-state index < -0.39 is 0 Å². The van der Waals surface area contributed by atoms with Crippen LogP contribution < -0.4 is 5.73 Å². The van der Waals surface area contributed by atoms with E-state index in [1.807, 2.05) is 13.0 Å². The van der Waals surface area contributed by atoms with Gasteiger partial charge in [-0.25, -0.2) is 4.68 Å². The summed E-state index contributed by atoms with van der Waals surface area (Å²) in [5.41, 5.74) is 6.73. The van der Waals surface area contributed by atoms with Crippen molar-refractivity contribution in [3.63, 3.8) is 0 Å². The molecule has 2 N–H and O–H groups in total. The third kappa shape index (κ3) is 0.967. The van der Waals surface area contributed by atoms with Crippen molar-refractivity contribution in [1.29, 1.82) is 0 Å². The molecule has 0 amide bonds. The molecule has 2 heterocycles. The van der Waals surface area contributed by atoms with E-state index in [4.69, 9.17) is 5.73 Å². The highest BCUT2D eigenvalue weighted by atomic mass is 15.3. The molecule has 12 heavy (non-hydrogen) atoms. The van der Waals surface area contributed by atoms with E-state index in [0.29, 0.717) is 0 Å². The maximum Gasteiger partial charge on any atom is 0.0967 e. The van der Waals surface area contributed by atoms with Crippen LogP contribution >= 0.6 is 0 Å². The largest absolute Gasteiger partial charge is 0.310 e. The van der Waals surface area contributed by atoms with Crippen LogP contribution in [0.3, 0.4) is 0 Å². The Morgan fingerprint density at radius 2 is 2.33 bits per heavy atom. The van der Waals surface area contributed by atoms with Gasteiger partial charge in [0.25, 0.3) is 0 Å². The summed E-state index contributed by atoms with van der Waals surface area (Å²) in [7, 11) is 0. The van der Waals surface area contributed by atoms with Crippen LogP contribution in [0.15, 0.2) is 24.7 Å². The minimum atomic E-state index is -0.0927. The van der Waals surface area contributed by atoms with Crippen LogP contribution in [-0.4, -0.2) is 14.8 Å². The molecule has 2 aromatic rings. The minimum Gasteiger partial charge on any atom is -0.310 e. The van der Waals surface area contributed by atoms with Gasteiger partial charge in [0.05, 0.1) is 17.9 Å². The maximum atomic E-state index is 5.70. The number of fused-ring (bicyclic) bond motifs is 1. The van der Waals surface area contributed by atoms with Gasteiger partial charge in [0.15, 0.2) is 0 Å². The molecule has 0 radical (unpaired) electrons. The summed E-state index contributed by atoms with van der Waals surface area (Å²) in [5, 5.41) is 5.17. The fourth-order valence-electron chi connectivity index (χ4n) is 1.22. The molecule has 2 aromatic heterocycles. The van der Waals surface area contributed by atoms with Crippen LogP contribution in [0.4, 0.5) is 0 Å². The summed E-state index contributed by atoms with van der Waals surface area (Å²) < 4.78 is 1.77. The highest BCUT2D eigenvalue weighted by molar-refractivity contribution is 5.77. The van der Waals surface area contributed by atoms with E-state index in [0.717, 1.165) is 10.9 Å². The van der Waals surface area contributed by atoms with Gasteiger partial charge in [-0.2, -0.15) is 5.10 Å². The average Bonchev–Trinajstić information content (AvgIpc) is 2.47. The number of aromatic nitrogens is 3. The third-order valence-electron chi connectivity index (χ3n) is 1.78. The van der Waals surface area contributed by atoms with Crippen LogP contribution in [0, 0.1) is 0 Å². The lowest BCUT2D eigenvalue weighted by Gasteiger charge is -2.05. The predicted molar refractivity (Wildman–Crippen MR) is 46.4 cm³/mol. The van der Waals surface area contributed by atoms with Gasteiger partial charge in [-0.1, -0.05) is 0 Å². The molecule has 62 valence electrons. The number of nitrogens with zero attached hydrogens (tertiary/aromatic N) is 3. The molecule has 0 fully saturated rings. The van der Waals surface area contributed by atoms with Crippen molar-refractivity contribution in [2.24, 2.45) is 5.73 Å². The molecule has 4 heteroatoms. The Balaban J connectivity index is 2.70. The van der Waals surface area contributed by atoms with E-state index in [1.165, 1.54) is 0 Å². The fraction of sp³-hybridized carbons (Fsp3) is 0.250. The van der Waals surface area contributed by atoms with Crippen molar-refractivity contribution in [3.8, 4) is 0 Å². The third-order valence-corrected chi connectivity index (χ3v) is 1.78. The molecule has 0 aliphatic rings. The summed E-state index contributed by atoms with van der Waals surface area (Å²) in [6, 6.07) is 1.91. The zero-order valence-electron chi connectivity index (χ0n) is 6.81. The normalized spacial score (nSPS) is 13.5. The topological polar surface area (TPSA) is 56.7 Å². The molecule has 0 saturated heterocycles. The van der Waals surface area contributed by atoms with E-state index in [9.17, 15) is 0 Å². The molecule has 2 rings (SSSR count). The lowest BCUT2D eigenvalue weighted by molar-refractivity contribution is 0.526. The molecule has 1 unspecified atom stereocenters. The lowest BCUT2D eigenvalue weighted by atomic mass is 10.3. The Morgan fingerprint density at radius 3 is 3.08 bits per heavy atom. The van der Waals surface area contributed by atoms with Gasteiger partial charge in [-0.05, 0) is 13.0 Å². The van der Waals surface area contributed by atoms with Crippen molar-refractivity contribution >= 4 is 10.9 Å². The minimum absolute atomic E-state index is 0.0927.